The third kappa shape index (κ3) is 4.94. The Bertz CT molecular complexity index is 928. The minimum atomic E-state index is -4.10. The van der Waals surface area contributed by atoms with Crippen LogP contribution in [0.25, 0.3) is 0 Å². The van der Waals surface area contributed by atoms with Crippen LogP contribution < -0.4 is 4.72 Å². The molecule has 8 heteroatoms. The highest BCUT2D eigenvalue weighted by Gasteiger charge is 2.24. The summed E-state index contributed by atoms with van der Waals surface area (Å²) < 4.78 is 53.6. The number of sulfonamides is 1. The Morgan fingerprint density at radius 2 is 1.75 bits per heavy atom. The second-order valence-corrected chi connectivity index (χ2v) is 8.60. The van der Waals surface area contributed by atoms with E-state index in [1.807, 2.05) is 18.2 Å². The van der Waals surface area contributed by atoms with E-state index in [2.05, 4.69) is 4.72 Å². The number of nitrogens with one attached hydrogen (secondary N) is 1. The molecule has 28 heavy (non-hydrogen) atoms. The van der Waals surface area contributed by atoms with Crippen molar-refractivity contribution < 1.29 is 22.0 Å². The minimum Gasteiger partial charge on any atom is -0.339 e. The molecule has 3 rings (SSSR count). The van der Waals surface area contributed by atoms with Crippen LogP contribution in [0.4, 0.5) is 8.78 Å². The van der Waals surface area contributed by atoms with Crippen LogP contribution in [0.2, 0.25) is 0 Å². The van der Waals surface area contributed by atoms with E-state index in [4.69, 9.17) is 0 Å². The Hall–Kier alpha value is -2.32. The summed E-state index contributed by atoms with van der Waals surface area (Å²) in [6.45, 7) is 1.36. The van der Waals surface area contributed by atoms with Gasteiger partial charge in [-0.2, -0.15) is 0 Å². The molecule has 0 unspecified atom stereocenters. The summed E-state index contributed by atoms with van der Waals surface area (Å²) in [6.07, 6.45) is 2.12. The Balaban J connectivity index is 1.48. The predicted molar refractivity (Wildman–Crippen MR) is 101 cm³/mol. The van der Waals surface area contributed by atoms with Gasteiger partial charge in [-0.15, -0.1) is 0 Å². The number of likely N-dealkylation sites (tertiary alicyclic amines) is 1. The fraction of sp³-hybridized carbons (Fsp3) is 0.350. The second-order valence-electron chi connectivity index (χ2n) is 6.86. The molecule has 1 aliphatic heterocycles. The van der Waals surface area contributed by atoms with E-state index in [-0.39, 0.29) is 18.4 Å². The zero-order valence-corrected chi connectivity index (χ0v) is 16.1. The molecule has 2 aromatic rings. The molecule has 0 aromatic heterocycles. The molecule has 1 saturated heterocycles. The second kappa shape index (κ2) is 8.79. The van der Waals surface area contributed by atoms with E-state index in [1.54, 1.807) is 17.0 Å². The maximum absolute atomic E-state index is 13.7. The van der Waals surface area contributed by atoms with Crippen LogP contribution in [-0.4, -0.2) is 38.9 Å². The first kappa shape index (κ1) is 20.4. The van der Waals surface area contributed by atoms with E-state index in [0.717, 1.165) is 25.0 Å². The van der Waals surface area contributed by atoms with E-state index in [9.17, 15) is 22.0 Å². The third-order valence-corrected chi connectivity index (χ3v) is 6.43. The summed E-state index contributed by atoms with van der Waals surface area (Å²) >= 11 is 0. The van der Waals surface area contributed by atoms with Gasteiger partial charge in [0.15, 0.2) is 0 Å². The van der Waals surface area contributed by atoms with Crippen LogP contribution in [-0.2, 0) is 10.0 Å². The number of carbonyl (C=O) groups excluding carboxylic acids is 1. The number of benzene rings is 2. The maximum atomic E-state index is 13.7. The smallest absolute Gasteiger partial charge is 0.253 e. The molecule has 1 fully saturated rings. The van der Waals surface area contributed by atoms with Gasteiger partial charge < -0.3 is 4.90 Å². The van der Waals surface area contributed by atoms with Crippen molar-refractivity contribution in [3.05, 3.63) is 65.7 Å². The van der Waals surface area contributed by atoms with E-state index < -0.39 is 26.6 Å². The normalized spacial score (nSPS) is 15.6. The van der Waals surface area contributed by atoms with Gasteiger partial charge in [0.1, 0.15) is 16.5 Å². The van der Waals surface area contributed by atoms with Gasteiger partial charge in [-0.05, 0) is 55.5 Å². The van der Waals surface area contributed by atoms with Gasteiger partial charge in [0.05, 0.1) is 0 Å². The molecule has 0 bridgehead atoms. The van der Waals surface area contributed by atoms with Gasteiger partial charge in [0.2, 0.25) is 10.0 Å². The average Bonchev–Trinajstić information content (AvgIpc) is 2.70. The van der Waals surface area contributed by atoms with Crippen LogP contribution in [0, 0.1) is 17.6 Å². The monoisotopic (exact) mass is 408 g/mol. The largest absolute Gasteiger partial charge is 0.339 e. The third-order valence-electron chi connectivity index (χ3n) is 4.95. The van der Waals surface area contributed by atoms with Gasteiger partial charge in [0.25, 0.3) is 5.91 Å². The summed E-state index contributed by atoms with van der Waals surface area (Å²) in [7, 11) is -4.10. The topological polar surface area (TPSA) is 66.5 Å². The van der Waals surface area contributed by atoms with E-state index in [1.165, 1.54) is 0 Å². The number of hydrogen-bond donors (Lipinski definition) is 1. The summed E-state index contributed by atoms with van der Waals surface area (Å²) in [5.41, 5.74) is 0.658. The number of nitrogens with zero attached hydrogens (tertiary/aromatic N) is 1. The standard InChI is InChI=1S/C20H22F2N2O3S/c21-17-6-7-18(22)19(14-17)28(26,27)23-11-8-15-9-12-24(13-10-15)20(25)16-4-2-1-3-5-16/h1-7,14-15,23H,8-13H2. The molecule has 5 nitrogen and oxygen atoms in total. The first-order chi connectivity index (χ1) is 13.4. The molecule has 150 valence electrons. The lowest BCUT2D eigenvalue weighted by Gasteiger charge is -2.32. The highest BCUT2D eigenvalue weighted by molar-refractivity contribution is 7.89. The van der Waals surface area contributed by atoms with Crippen molar-refractivity contribution in [2.24, 2.45) is 5.92 Å². The molecule has 0 atom stereocenters. The Kier molecular flexibility index (Phi) is 6.41. The zero-order chi connectivity index (χ0) is 20.1. The highest BCUT2D eigenvalue weighted by atomic mass is 32.2. The highest BCUT2D eigenvalue weighted by Crippen LogP contribution is 2.22. The Morgan fingerprint density at radius 1 is 1.07 bits per heavy atom. The fourth-order valence-corrected chi connectivity index (χ4v) is 4.48. The van der Waals surface area contributed by atoms with Gasteiger partial charge in [-0.25, -0.2) is 21.9 Å². The van der Waals surface area contributed by atoms with Crippen LogP contribution in [0.3, 0.4) is 0 Å². The van der Waals surface area contributed by atoms with Gasteiger partial charge in [-0.1, -0.05) is 18.2 Å². The summed E-state index contributed by atoms with van der Waals surface area (Å²) in [5.74, 6) is -1.53. The number of rotatable bonds is 6. The molecule has 0 spiro atoms. The molecule has 2 aromatic carbocycles. The number of carbonyl (C=O) groups is 1. The fourth-order valence-electron chi connectivity index (χ4n) is 3.35. The van der Waals surface area contributed by atoms with Crippen LogP contribution in [0.15, 0.2) is 53.4 Å². The summed E-state index contributed by atoms with van der Waals surface area (Å²) in [6, 6.07) is 11.4. The van der Waals surface area contributed by atoms with Gasteiger partial charge >= 0.3 is 0 Å². The number of halogens is 2. The summed E-state index contributed by atoms with van der Waals surface area (Å²) in [5, 5.41) is 0. The van der Waals surface area contributed by atoms with Crippen LogP contribution >= 0.6 is 0 Å². The summed E-state index contributed by atoms with van der Waals surface area (Å²) in [4.78, 5) is 13.6. The van der Waals surface area contributed by atoms with Crippen molar-refractivity contribution in [1.82, 2.24) is 9.62 Å². The first-order valence-corrected chi connectivity index (χ1v) is 10.6. The van der Waals surface area contributed by atoms with E-state index >= 15 is 0 Å². The molecule has 0 aliphatic carbocycles. The molecule has 1 aliphatic rings. The van der Waals surface area contributed by atoms with Crippen molar-refractivity contribution in [2.45, 2.75) is 24.2 Å². The van der Waals surface area contributed by atoms with Crippen LogP contribution in [0.5, 0.6) is 0 Å². The predicted octanol–water partition coefficient (Wildman–Crippen LogP) is 3.19. The molecule has 1 heterocycles. The van der Waals surface area contributed by atoms with Crippen molar-refractivity contribution in [3.8, 4) is 0 Å². The molecule has 0 saturated carbocycles. The van der Waals surface area contributed by atoms with Crippen molar-refractivity contribution in [1.29, 1.82) is 0 Å². The maximum Gasteiger partial charge on any atom is 0.253 e. The van der Waals surface area contributed by atoms with Gasteiger partial charge in [-0.3, -0.25) is 4.79 Å². The average molecular weight is 408 g/mol. The van der Waals surface area contributed by atoms with Gasteiger partial charge in [0, 0.05) is 25.2 Å². The SMILES string of the molecule is O=C(c1ccccc1)N1CCC(CCNS(=O)(=O)c2cc(F)ccc2F)CC1. The Morgan fingerprint density at radius 3 is 2.43 bits per heavy atom. The molecule has 1 amide bonds. The Labute approximate surface area is 163 Å². The van der Waals surface area contributed by atoms with Crippen molar-refractivity contribution in [2.75, 3.05) is 19.6 Å². The number of hydrogen-bond acceptors (Lipinski definition) is 3. The first-order valence-electron chi connectivity index (χ1n) is 9.16. The lowest BCUT2D eigenvalue weighted by atomic mass is 9.93. The lowest BCUT2D eigenvalue weighted by Crippen LogP contribution is -2.39. The molecular weight excluding hydrogens is 386 g/mol. The molecule has 0 radical (unpaired) electrons. The number of piperidine rings is 1. The van der Waals surface area contributed by atoms with Crippen LogP contribution in [0.1, 0.15) is 29.6 Å². The minimum absolute atomic E-state index is 0.00123. The van der Waals surface area contributed by atoms with Crippen molar-refractivity contribution in [3.63, 3.8) is 0 Å². The lowest BCUT2D eigenvalue weighted by molar-refractivity contribution is 0.0687. The number of amides is 1. The van der Waals surface area contributed by atoms with E-state index in [0.29, 0.717) is 31.1 Å². The molecular formula is C20H22F2N2O3S. The molecule has 1 N–H and O–H groups in total. The zero-order valence-electron chi connectivity index (χ0n) is 15.3. The quantitative estimate of drug-likeness (QED) is 0.798. The van der Waals surface area contributed by atoms with Crippen molar-refractivity contribution >= 4 is 15.9 Å².